The average Bonchev–Trinajstić information content (AvgIpc) is 2.18. The Bertz CT molecular complexity index is 5550. The van der Waals surface area contributed by atoms with Gasteiger partial charge in [-0.05, 0) is 109 Å². The number of nitrogens with zero attached hydrogens (tertiary/aromatic N) is 5. The average molecular weight is 1110 g/mol. The fourth-order valence-corrected chi connectivity index (χ4v) is 15.0. The molecule has 0 saturated carbocycles. The number of rotatable bonds is 7. The van der Waals surface area contributed by atoms with E-state index in [0.29, 0.717) is 0 Å². The molecule has 0 radical (unpaired) electrons. The molecule has 8 heteroatoms. The molecule has 1 aliphatic heterocycles. The second kappa shape index (κ2) is 18.3. The summed E-state index contributed by atoms with van der Waals surface area (Å²) < 4.78 is 26.1. The maximum atomic E-state index is 7.46. The van der Waals surface area contributed by atoms with E-state index < -0.39 is 0 Å². The molecule has 0 unspecified atom stereocenters. The van der Waals surface area contributed by atoms with Crippen molar-refractivity contribution < 1.29 is 9.47 Å². The van der Waals surface area contributed by atoms with E-state index in [-0.39, 0.29) is 6.71 Å². The van der Waals surface area contributed by atoms with Crippen molar-refractivity contribution in [1.82, 2.24) is 22.8 Å². The van der Waals surface area contributed by atoms with Crippen molar-refractivity contribution in [2.45, 2.75) is 0 Å². The molecular weight excluding hydrogens is 1060 g/mol. The minimum Gasteiger partial charge on any atom is -0.497 e. The molecule has 1 aliphatic rings. The first-order valence-corrected chi connectivity index (χ1v) is 29.8. The quantitative estimate of drug-likeness (QED) is 0.149. The van der Waals surface area contributed by atoms with Crippen molar-refractivity contribution in [3.8, 4) is 45.7 Å². The summed E-state index contributed by atoms with van der Waals surface area (Å²) in [7, 11) is 1.80. The smallest absolute Gasteiger partial charge is 0.255 e. The fraction of sp³-hybridized carbons (Fsp3) is 0.0127. The Balaban J connectivity index is 0.839. The zero-order chi connectivity index (χ0) is 57.0. The minimum absolute atomic E-state index is 0.243. The molecular formula is C79H50BN5O2. The standard InChI is InChI=1S/C79H50BN5O2/c1-86-77-47-54(85-74-42-39-51(82-68-28-12-4-20-57(68)58-21-5-13-29-69(58)82)44-63(74)64-45-52(40-43-75(64)85)83-70-30-14-6-22-59(70)60-23-7-15-31-71(60)83)48-78-79(77)80(49-34-36-50(37-35-49)81-66-26-10-2-18-55(66)56-19-3-11-27-67(56)81)65-41-38-53(46-76(65)87-78)84-72-32-16-8-24-61(72)62-25-9-17-33-73(62)84/h2-48H,1H3. The lowest BCUT2D eigenvalue weighted by molar-refractivity contribution is 0.413. The molecule has 0 aliphatic carbocycles. The molecule has 0 spiro atoms. The normalized spacial score (nSPS) is 12.5. The topological polar surface area (TPSA) is 43.1 Å². The van der Waals surface area contributed by atoms with Crippen LogP contribution in [0.1, 0.15) is 0 Å². The predicted octanol–water partition coefficient (Wildman–Crippen LogP) is 17.8. The van der Waals surface area contributed by atoms with Crippen LogP contribution in [-0.2, 0) is 0 Å². The lowest BCUT2D eigenvalue weighted by Gasteiger charge is -2.30. The Hall–Kier alpha value is -11.5. The van der Waals surface area contributed by atoms with Crippen LogP contribution in [0.4, 0.5) is 0 Å². The van der Waals surface area contributed by atoms with Crippen LogP contribution < -0.4 is 25.9 Å². The van der Waals surface area contributed by atoms with Crippen LogP contribution in [0.5, 0.6) is 17.2 Å². The van der Waals surface area contributed by atoms with Crippen molar-refractivity contribution >= 4 is 132 Å². The summed E-state index contributed by atoms with van der Waals surface area (Å²) in [6.45, 7) is -0.243. The Morgan fingerprint density at radius 1 is 0.264 bits per heavy atom. The molecule has 18 aromatic rings. The number of hydrogen-bond acceptors (Lipinski definition) is 2. The molecule has 5 aromatic heterocycles. The second-order valence-corrected chi connectivity index (χ2v) is 23.1. The highest BCUT2D eigenvalue weighted by atomic mass is 16.5. The van der Waals surface area contributed by atoms with Gasteiger partial charge in [-0.3, -0.25) is 0 Å². The first-order chi connectivity index (χ1) is 43.1. The van der Waals surface area contributed by atoms with Crippen molar-refractivity contribution in [2.24, 2.45) is 0 Å². The van der Waals surface area contributed by atoms with Crippen LogP contribution in [0.25, 0.3) is 137 Å². The number of ether oxygens (including phenoxy) is 2. The van der Waals surface area contributed by atoms with E-state index in [1.54, 1.807) is 7.11 Å². The third-order valence-electron chi connectivity index (χ3n) is 18.7. The van der Waals surface area contributed by atoms with Crippen molar-refractivity contribution in [2.75, 3.05) is 7.11 Å². The van der Waals surface area contributed by atoms with Crippen LogP contribution in [0.3, 0.4) is 0 Å². The summed E-state index contributed by atoms with van der Waals surface area (Å²) in [5.41, 5.74) is 19.9. The number of aromatic nitrogens is 5. The third-order valence-corrected chi connectivity index (χ3v) is 18.7. The lowest BCUT2D eigenvalue weighted by Crippen LogP contribution is -2.55. The summed E-state index contributed by atoms with van der Waals surface area (Å²) in [5.74, 6) is 2.28. The number of fused-ring (bicyclic) bond motifs is 17. The van der Waals surface area contributed by atoms with E-state index in [1.807, 2.05) is 0 Å². The van der Waals surface area contributed by atoms with Gasteiger partial charge in [0, 0.05) is 100 Å². The first-order valence-electron chi connectivity index (χ1n) is 29.8. The van der Waals surface area contributed by atoms with Gasteiger partial charge in [0.2, 0.25) is 0 Å². The molecule has 7 nitrogen and oxygen atoms in total. The van der Waals surface area contributed by atoms with Gasteiger partial charge < -0.3 is 32.3 Å². The highest BCUT2D eigenvalue weighted by Gasteiger charge is 2.37. The van der Waals surface area contributed by atoms with E-state index in [9.17, 15) is 0 Å². The Kier molecular flexibility index (Phi) is 10.1. The SMILES string of the molecule is COc1cc(-n2c3ccc(-n4c5ccccc5c5ccccc54)cc3c3cc(-n4c5ccccc5c5ccccc54)ccc32)cc2c1B(c1ccc(-n3c4ccccc4c4ccccc43)cc1)c1ccc(-n3c4ccccc4c4ccccc43)cc1O2. The third kappa shape index (κ3) is 6.83. The van der Waals surface area contributed by atoms with Crippen LogP contribution >= 0.6 is 0 Å². The molecule has 0 atom stereocenters. The molecule has 0 saturated heterocycles. The van der Waals surface area contributed by atoms with Crippen molar-refractivity contribution in [1.29, 1.82) is 0 Å². The van der Waals surface area contributed by atoms with Gasteiger partial charge in [-0.1, -0.05) is 169 Å². The lowest BCUT2D eigenvalue weighted by atomic mass is 9.35. The number of para-hydroxylation sites is 8. The van der Waals surface area contributed by atoms with E-state index in [4.69, 9.17) is 9.47 Å². The van der Waals surface area contributed by atoms with E-state index in [0.717, 1.165) is 94.9 Å². The molecule has 0 N–H and O–H groups in total. The largest absolute Gasteiger partial charge is 0.497 e. The van der Waals surface area contributed by atoms with Gasteiger partial charge in [0.05, 0.1) is 68.0 Å². The molecule has 0 fully saturated rings. The molecule has 19 rings (SSSR count). The summed E-state index contributed by atoms with van der Waals surface area (Å²) >= 11 is 0. The van der Waals surface area contributed by atoms with E-state index >= 15 is 0 Å². The zero-order valence-corrected chi connectivity index (χ0v) is 47.3. The summed E-state index contributed by atoms with van der Waals surface area (Å²) in [5, 5.41) is 12.1. The van der Waals surface area contributed by atoms with Gasteiger partial charge in [0.1, 0.15) is 17.2 Å². The number of hydrogen-bond donors (Lipinski definition) is 0. The fourth-order valence-electron chi connectivity index (χ4n) is 15.0. The van der Waals surface area contributed by atoms with Crippen molar-refractivity contribution in [3.63, 3.8) is 0 Å². The maximum absolute atomic E-state index is 7.46. The van der Waals surface area contributed by atoms with Crippen LogP contribution in [0.15, 0.2) is 285 Å². The highest BCUT2D eigenvalue weighted by molar-refractivity contribution is 6.97. The second-order valence-electron chi connectivity index (χ2n) is 23.1. The van der Waals surface area contributed by atoms with Gasteiger partial charge in [0.15, 0.2) is 0 Å². The molecule has 13 aromatic carbocycles. The molecule has 0 amide bonds. The van der Waals surface area contributed by atoms with Gasteiger partial charge >= 0.3 is 0 Å². The summed E-state index contributed by atoms with van der Waals surface area (Å²) in [4.78, 5) is 0. The van der Waals surface area contributed by atoms with Crippen molar-refractivity contribution in [3.05, 3.63) is 285 Å². The predicted molar refractivity (Wildman–Crippen MR) is 362 cm³/mol. The van der Waals surface area contributed by atoms with Gasteiger partial charge in [0.25, 0.3) is 6.71 Å². The molecule has 0 bridgehead atoms. The maximum Gasteiger partial charge on any atom is 0.255 e. The van der Waals surface area contributed by atoms with E-state index in [1.165, 1.54) is 76.2 Å². The van der Waals surface area contributed by atoms with Crippen LogP contribution in [0.2, 0.25) is 0 Å². The number of benzene rings is 13. The monoisotopic (exact) mass is 1110 g/mol. The Labute approximate surface area is 499 Å². The van der Waals surface area contributed by atoms with Gasteiger partial charge in [-0.15, -0.1) is 0 Å². The Morgan fingerprint density at radius 2 is 0.563 bits per heavy atom. The first kappa shape index (κ1) is 48.0. The molecule has 6 heterocycles. The zero-order valence-electron chi connectivity index (χ0n) is 47.3. The molecule has 87 heavy (non-hydrogen) atoms. The minimum atomic E-state index is -0.243. The summed E-state index contributed by atoms with van der Waals surface area (Å²) in [6, 6.07) is 104. The number of methoxy groups -OCH3 is 1. The van der Waals surface area contributed by atoms with Crippen LogP contribution in [0, 0.1) is 0 Å². The van der Waals surface area contributed by atoms with Gasteiger partial charge in [-0.25, -0.2) is 0 Å². The Morgan fingerprint density at radius 3 is 0.943 bits per heavy atom. The van der Waals surface area contributed by atoms with Gasteiger partial charge in [-0.2, -0.15) is 0 Å². The molecule has 406 valence electrons. The van der Waals surface area contributed by atoms with Crippen LogP contribution in [-0.4, -0.2) is 36.7 Å². The highest BCUT2D eigenvalue weighted by Crippen LogP contribution is 2.43. The summed E-state index contributed by atoms with van der Waals surface area (Å²) in [6.07, 6.45) is 0. The van der Waals surface area contributed by atoms with E-state index in [2.05, 4.69) is 308 Å².